The number of aromatic nitrogens is 1. The first-order chi connectivity index (χ1) is 11.2. The summed E-state index contributed by atoms with van der Waals surface area (Å²) in [6.07, 6.45) is 1.34. The molecule has 0 aliphatic heterocycles. The number of carboxylic acid groups (broad SMARTS) is 1. The van der Waals surface area contributed by atoms with Crippen molar-refractivity contribution in [1.29, 1.82) is 0 Å². The van der Waals surface area contributed by atoms with E-state index in [2.05, 4.69) is 31.1 Å². The van der Waals surface area contributed by atoms with Crippen LogP contribution in [0.2, 0.25) is 0 Å². The number of pyridine rings is 1. The highest BCUT2D eigenvalue weighted by atomic mass is 16.4. The van der Waals surface area contributed by atoms with Gasteiger partial charge in [0.1, 0.15) is 0 Å². The lowest BCUT2D eigenvalue weighted by molar-refractivity contribution is 0.0696. The molecule has 0 saturated heterocycles. The van der Waals surface area contributed by atoms with E-state index in [1.807, 2.05) is 19.1 Å². The van der Waals surface area contributed by atoms with Gasteiger partial charge in [0.25, 0.3) is 5.91 Å². The molecular weight excluding hydrogens is 304 g/mol. The van der Waals surface area contributed by atoms with Gasteiger partial charge in [-0.15, -0.1) is 0 Å². The van der Waals surface area contributed by atoms with E-state index in [1.54, 1.807) is 18.2 Å². The van der Waals surface area contributed by atoms with Crippen molar-refractivity contribution < 1.29 is 14.7 Å². The summed E-state index contributed by atoms with van der Waals surface area (Å²) in [7, 11) is 0. The molecule has 0 aliphatic carbocycles. The molecule has 0 unspecified atom stereocenters. The molecule has 126 valence electrons. The zero-order valence-corrected chi connectivity index (χ0v) is 14.4. The van der Waals surface area contributed by atoms with Crippen molar-refractivity contribution >= 4 is 11.9 Å². The van der Waals surface area contributed by atoms with Gasteiger partial charge in [-0.1, -0.05) is 32.9 Å². The molecule has 2 N–H and O–H groups in total. The third-order valence-corrected chi connectivity index (χ3v) is 3.57. The third kappa shape index (κ3) is 4.41. The quantitative estimate of drug-likeness (QED) is 0.901. The molecule has 1 aromatic heterocycles. The largest absolute Gasteiger partial charge is 0.478 e. The van der Waals surface area contributed by atoms with E-state index in [9.17, 15) is 9.59 Å². The van der Waals surface area contributed by atoms with Crippen LogP contribution in [0.1, 0.15) is 47.2 Å². The van der Waals surface area contributed by atoms with Gasteiger partial charge in [0.2, 0.25) is 0 Å². The maximum Gasteiger partial charge on any atom is 0.337 e. The number of carbonyl (C=O) groups excluding carboxylic acids is 1. The Balaban J connectivity index is 2.22. The predicted molar refractivity (Wildman–Crippen MR) is 93.2 cm³/mol. The molecule has 2 rings (SSSR count). The molecule has 2 aromatic rings. The standard InChI is InChI=1S/C19H22N2O3/c1-12-16(9-15(10-20-12)18(23)24)13-5-7-14(8-6-13)17(22)21-11-19(2,3)4/h5-10H,11H2,1-4H3,(H,21,22)(H,23,24). The van der Waals surface area contributed by atoms with Crippen LogP contribution >= 0.6 is 0 Å². The van der Waals surface area contributed by atoms with Crippen molar-refractivity contribution in [3.63, 3.8) is 0 Å². The summed E-state index contributed by atoms with van der Waals surface area (Å²) >= 11 is 0. The molecule has 0 fully saturated rings. The zero-order valence-electron chi connectivity index (χ0n) is 14.4. The van der Waals surface area contributed by atoms with Gasteiger partial charge in [0.05, 0.1) is 5.56 Å². The van der Waals surface area contributed by atoms with Crippen LogP contribution in [0.25, 0.3) is 11.1 Å². The average molecular weight is 326 g/mol. The Kier molecular flexibility index (Phi) is 5.02. The van der Waals surface area contributed by atoms with E-state index >= 15 is 0 Å². The first kappa shape index (κ1) is 17.7. The lowest BCUT2D eigenvalue weighted by Crippen LogP contribution is -2.32. The SMILES string of the molecule is Cc1ncc(C(=O)O)cc1-c1ccc(C(=O)NCC(C)(C)C)cc1. The summed E-state index contributed by atoms with van der Waals surface area (Å²) in [6, 6.07) is 8.68. The van der Waals surface area contributed by atoms with E-state index in [0.717, 1.165) is 16.8 Å². The van der Waals surface area contributed by atoms with Crippen LogP contribution < -0.4 is 5.32 Å². The van der Waals surface area contributed by atoms with Gasteiger partial charge in [-0.05, 0) is 36.1 Å². The molecule has 0 aliphatic rings. The lowest BCUT2D eigenvalue weighted by atomic mass is 9.96. The number of aryl methyl sites for hydroxylation is 1. The first-order valence-corrected chi connectivity index (χ1v) is 7.76. The van der Waals surface area contributed by atoms with Crippen molar-refractivity contribution in [2.75, 3.05) is 6.54 Å². The van der Waals surface area contributed by atoms with E-state index in [4.69, 9.17) is 5.11 Å². The van der Waals surface area contributed by atoms with E-state index in [1.165, 1.54) is 6.20 Å². The van der Waals surface area contributed by atoms with E-state index in [-0.39, 0.29) is 16.9 Å². The molecule has 1 aromatic carbocycles. The number of hydrogen-bond donors (Lipinski definition) is 2. The molecule has 24 heavy (non-hydrogen) atoms. The van der Waals surface area contributed by atoms with Crippen LogP contribution in [0.5, 0.6) is 0 Å². The molecular formula is C19H22N2O3. The van der Waals surface area contributed by atoms with Crippen LogP contribution in [0.3, 0.4) is 0 Å². The predicted octanol–water partition coefficient (Wildman–Crippen LogP) is 3.53. The van der Waals surface area contributed by atoms with Crippen molar-refractivity contribution in [2.24, 2.45) is 5.41 Å². The minimum absolute atomic E-state index is 0.0235. The highest BCUT2D eigenvalue weighted by molar-refractivity contribution is 5.95. The van der Waals surface area contributed by atoms with Gasteiger partial charge in [0.15, 0.2) is 0 Å². The zero-order chi connectivity index (χ0) is 17.9. The third-order valence-electron chi connectivity index (χ3n) is 3.57. The second-order valence-corrected chi connectivity index (χ2v) is 6.98. The molecule has 1 amide bonds. The summed E-state index contributed by atoms with van der Waals surface area (Å²) in [5.41, 5.74) is 3.05. The molecule has 0 atom stereocenters. The fourth-order valence-corrected chi connectivity index (χ4v) is 2.19. The number of carboxylic acids is 1. The van der Waals surface area contributed by atoms with Crippen molar-refractivity contribution in [2.45, 2.75) is 27.7 Å². The van der Waals surface area contributed by atoms with E-state index < -0.39 is 5.97 Å². The number of amides is 1. The van der Waals surface area contributed by atoms with Gasteiger partial charge in [0, 0.05) is 29.6 Å². The number of carbonyl (C=O) groups is 2. The van der Waals surface area contributed by atoms with Gasteiger partial charge >= 0.3 is 5.97 Å². The lowest BCUT2D eigenvalue weighted by Gasteiger charge is -2.18. The molecule has 0 spiro atoms. The highest BCUT2D eigenvalue weighted by Crippen LogP contribution is 2.23. The summed E-state index contributed by atoms with van der Waals surface area (Å²) in [6.45, 7) is 8.59. The minimum Gasteiger partial charge on any atom is -0.478 e. The number of nitrogens with zero attached hydrogens (tertiary/aromatic N) is 1. The van der Waals surface area contributed by atoms with Gasteiger partial charge in [-0.3, -0.25) is 9.78 Å². The van der Waals surface area contributed by atoms with Gasteiger partial charge in [-0.2, -0.15) is 0 Å². The normalized spacial score (nSPS) is 11.2. The number of rotatable bonds is 4. The first-order valence-electron chi connectivity index (χ1n) is 7.76. The smallest absolute Gasteiger partial charge is 0.337 e. The molecule has 1 heterocycles. The highest BCUT2D eigenvalue weighted by Gasteiger charge is 2.14. The van der Waals surface area contributed by atoms with Gasteiger partial charge < -0.3 is 10.4 Å². The van der Waals surface area contributed by atoms with Crippen LogP contribution in [-0.2, 0) is 0 Å². The number of benzene rings is 1. The van der Waals surface area contributed by atoms with Crippen LogP contribution in [0.15, 0.2) is 36.5 Å². The molecule has 0 saturated carbocycles. The maximum absolute atomic E-state index is 12.1. The number of nitrogens with one attached hydrogen (secondary N) is 1. The molecule has 5 nitrogen and oxygen atoms in total. The number of aromatic carboxylic acids is 1. The van der Waals surface area contributed by atoms with Crippen molar-refractivity contribution in [3.8, 4) is 11.1 Å². The summed E-state index contributed by atoms with van der Waals surface area (Å²) in [5.74, 6) is -1.13. The fourth-order valence-electron chi connectivity index (χ4n) is 2.19. The fraction of sp³-hybridized carbons (Fsp3) is 0.316. The Labute approximate surface area is 141 Å². The van der Waals surface area contributed by atoms with Crippen LogP contribution in [0, 0.1) is 12.3 Å². The summed E-state index contributed by atoms with van der Waals surface area (Å²) in [4.78, 5) is 27.4. The summed E-state index contributed by atoms with van der Waals surface area (Å²) < 4.78 is 0. The Morgan fingerprint density at radius 1 is 1.12 bits per heavy atom. The maximum atomic E-state index is 12.1. The number of hydrogen-bond acceptors (Lipinski definition) is 3. The molecule has 0 radical (unpaired) electrons. The second-order valence-electron chi connectivity index (χ2n) is 6.98. The van der Waals surface area contributed by atoms with E-state index in [0.29, 0.717) is 12.1 Å². The van der Waals surface area contributed by atoms with Crippen LogP contribution in [-0.4, -0.2) is 28.5 Å². The topological polar surface area (TPSA) is 79.3 Å². The van der Waals surface area contributed by atoms with Gasteiger partial charge in [-0.25, -0.2) is 4.79 Å². The van der Waals surface area contributed by atoms with Crippen molar-refractivity contribution in [1.82, 2.24) is 10.3 Å². The average Bonchev–Trinajstić information content (AvgIpc) is 2.52. The Morgan fingerprint density at radius 3 is 2.29 bits per heavy atom. The monoisotopic (exact) mass is 326 g/mol. The second kappa shape index (κ2) is 6.83. The Morgan fingerprint density at radius 2 is 1.75 bits per heavy atom. The minimum atomic E-state index is -1.01. The Hall–Kier alpha value is -2.69. The molecule has 0 bridgehead atoms. The Bertz CT molecular complexity index is 759. The van der Waals surface area contributed by atoms with Crippen LogP contribution in [0.4, 0.5) is 0 Å². The van der Waals surface area contributed by atoms with Crippen molar-refractivity contribution in [3.05, 3.63) is 53.3 Å². The summed E-state index contributed by atoms with van der Waals surface area (Å²) in [5, 5.41) is 12.0. The molecule has 5 heteroatoms.